The summed E-state index contributed by atoms with van der Waals surface area (Å²) in [6.45, 7) is 1.32. The van der Waals surface area contributed by atoms with E-state index in [2.05, 4.69) is 5.32 Å². The fourth-order valence-corrected chi connectivity index (χ4v) is 2.80. The third-order valence-electron chi connectivity index (χ3n) is 4.04. The van der Waals surface area contributed by atoms with Crippen LogP contribution in [0.3, 0.4) is 0 Å². The molecule has 2 aliphatic heterocycles. The van der Waals surface area contributed by atoms with E-state index in [1.165, 1.54) is 0 Å². The van der Waals surface area contributed by atoms with E-state index >= 15 is 0 Å². The van der Waals surface area contributed by atoms with Gasteiger partial charge in [-0.1, -0.05) is 12.1 Å². The number of benzene rings is 1. The van der Waals surface area contributed by atoms with E-state index in [0.717, 1.165) is 5.75 Å². The minimum Gasteiger partial charge on any atom is -0.486 e. The lowest BCUT2D eigenvalue weighted by Gasteiger charge is -2.32. The van der Waals surface area contributed by atoms with Gasteiger partial charge < -0.3 is 19.7 Å². The molecule has 2 amide bonds. The second-order valence-electron chi connectivity index (χ2n) is 5.76. The number of piperidine rings is 1. The Morgan fingerprint density at radius 2 is 2.14 bits per heavy atom. The number of likely N-dealkylation sites (N-methyl/N-ethyl adjacent to an activating group) is 1. The van der Waals surface area contributed by atoms with Gasteiger partial charge in [0.25, 0.3) is 0 Å². The number of carbonyl (C=O) groups excluding carboxylic acids is 2. The molecule has 22 heavy (non-hydrogen) atoms. The highest BCUT2D eigenvalue weighted by Crippen LogP contribution is 2.31. The number of fused-ring (bicyclic) bond motifs is 1. The number of rotatable bonds is 3. The van der Waals surface area contributed by atoms with Crippen molar-refractivity contribution in [1.82, 2.24) is 10.2 Å². The first-order valence-corrected chi connectivity index (χ1v) is 7.53. The molecule has 2 aliphatic rings. The quantitative estimate of drug-likeness (QED) is 0.897. The maximum atomic E-state index is 12.4. The normalized spacial score (nSPS) is 23.6. The summed E-state index contributed by atoms with van der Waals surface area (Å²) in [4.78, 5) is 25.2. The van der Waals surface area contributed by atoms with Crippen molar-refractivity contribution in [3.8, 4) is 11.5 Å². The van der Waals surface area contributed by atoms with Gasteiger partial charge in [-0.05, 0) is 18.6 Å². The van der Waals surface area contributed by atoms with Crippen LogP contribution in [0.5, 0.6) is 11.5 Å². The summed E-state index contributed by atoms with van der Waals surface area (Å²) < 4.78 is 11.5. The molecule has 0 aromatic heterocycles. The van der Waals surface area contributed by atoms with Crippen molar-refractivity contribution in [1.29, 1.82) is 0 Å². The zero-order valence-electron chi connectivity index (χ0n) is 12.6. The Bertz CT molecular complexity index is 565. The Hall–Kier alpha value is -2.24. The molecular weight excluding hydrogens is 284 g/mol. The lowest BCUT2D eigenvalue weighted by molar-refractivity contribution is -0.137. The third kappa shape index (κ3) is 3.16. The summed E-state index contributed by atoms with van der Waals surface area (Å²) >= 11 is 0. The van der Waals surface area contributed by atoms with Crippen molar-refractivity contribution >= 4 is 11.8 Å². The largest absolute Gasteiger partial charge is 0.486 e. The zero-order valence-corrected chi connectivity index (χ0v) is 12.6. The Labute approximate surface area is 129 Å². The van der Waals surface area contributed by atoms with Crippen LogP contribution in [-0.4, -0.2) is 49.6 Å². The Morgan fingerprint density at radius 1 is 1.36 bits per heavy atom. The molecule has 3 rings (SSSR count). The van der Waals surface area contributed by atoms with Gasteiger partial charge in [-0.3, -0.25) is 9.59 Å². The molecule has 6 nitrogen and oxygen atoms in total. The second-order valence-corrected chi connectivity index (χ2v) is 5.76. The molecule has 1 fully saturated rings. The topological polar surface area (TPSA) is 67.9 Å². The molecule has 0 aliphatic carbocycles. The van der Waals surface area contributed by atoms with Crippen LogP contribution in [-0.2, 0) is 9.59 Å². The molecule has 2 heterocycles. The number of hydrogen-bond donors (Lipinski definition) is 1. The van der Waals surface area contributed by atoms with Gasteiger partial charge in [-0.25, -0.2) is 0 Å². The molecule has 1 saturated heterocycles. The predicted octanol–water partition coefficient (Wildman–Crippen LogP) is 0.811. The van der Waals surface area contributed by atoms with Crippen LogP contribution in [0.25, 0.3) is 0 Å². The predicted molar refractivity (Wildman–Crippen MR) is 79.7 cm³/mol. The van der Waals surface area contributed by atoms with E-state index < -0.39 is 0 Å². The van der Waals surface area contributed by atoms with Crippen LogP contribution in [0, 0.1) is 5.92 Å². The number of hydrogen-bond acceptors (Lipinski definition) is 4. The molecule has 0 spiro atoms. The van der Waals surface area contributed by atoms with Gasteiger partial charge >= 0.3 is 0 Å². The van der Waals surface area contributed by atoms with E-state index in [9.17, 15) is 9.59 Å². The van der Waals surface area contributed by atoms with Crippen LogP contribution in [0.2, 0.25) is 0 Å². The van der Waals surface area contributed by atoms with E-state index in [-0.39, 0.29) is 23.8 Å². The fourth-order valence-electron chi connectivity index (χ4n) is 2.80. The smallest absolute Gasteiger partial charge is 0.227 e. The average Bonchev–Trinajstić information content (AvgIpc) is 2.55. The summed E-state index contributed by atoms with van der Waals surface area (Å²) in [6.07, 6.45) is 0.850. The van der Waals surface area contributed by atoms with E-state index in [4.69, 9.17) is 9.47 Å². The molecular formula is C16H20N2O4. The van der Waals surface area contributed by atoms with E-state index in [1.54, 1.807) is 11.9 Å². The number of nitrogens with one attached hydrogen (secondary N) is 1. The highest BCUT2D eigenvalue weighted by Gasteiger charge is 2.29. The molecule has 1 aromatic rings. The van der Waals surface area contributed by atoms with Crippen molar-refractivity contribution in [3.63, 3.8) is 0 Å². The zero-order chi connectivity index (χ0) is 15.5. The fraction of sp³-hybridized carbons (Fsp3) is 0.500. The molecule has 2 atom stereocenters. The highest BCUT2D eigenvalue weighted by atomic mass is 16.6. The lowest BCUT2D eigenvalue weighted by atomic mass is 9.97. The first kappa shape index (κ1) is 14.7. The van der Waals surface area contributed by atoms with Crippen molar-refractivity contribution in [2.24, 2.45) is 5.92 Å². The van der Waals surface area contributed by atoms with E-state index in [0.29, 0.717) is 38.3 Å². The van der Waals surface area contributed by atoms with Gasteiger partial charge in [0.1, 0.15) is 6.61 Å². The minimum atomic E-state index is -0.179. The monoisotopic (exact) mass is 304 g/mol. The molecule has 6 heteroatoms. The first-order valence-electron chi connectivity index (χ1n) is 7.53. The number of ether oxygens (including phenoxy) is 2. The molecule has 1 N–H and O–H groups in total. The summed E-state index contributed by atoms with van der Waals surface area (Å²) in [7, 11) is 1.77. The number of amides is 2. The molecule has 0 radical (unpaired) electrons. The van der Waals surface area contributed by atoms with Crippen LogP contribution in [0.15, 0.2) is 24.3 Å². The van der Waals surface area contributed by atoms with Gasteiger partial charge in [0.05, 0.1) is 12.5 Å². The number of para-hydroxylation sites is 2. The van der Waals surface area contributed by atoms with Crippen LogP contribution < -0.4 is 14.8 Å². The SMILES string of the molecule is CN(C[C@H]1COc2ccccc2O1)C(=O)[C@@H]1CCC(=O)NC1. The van der Waals surface area contributed by atoms with E-state index in [1.807, 2.05) is 24.3 Å². The molecule has 0 saturated carbocycles. The lowest BCUT2D eigenvalue weighted by Crippen LogP contribution is -2.47. The third-order valence-corrected chi connectivity index (χ3v) is 4.04. The Kier molecular flexibility index (Phi) is 4.18. The molecule has 0 unspecified atom stereocenters. The van der Waals surface area contributed by atoms with Crippen molar-refractivity contribution in [2.75, 3.05) is 26.7 Å². The number of carbonyl (C=O) groups is 2. The summed E-state index contributed by atoms with van der Waals surface area (Å²) in [5.74, 6) is 1.38. The van der Waals surface area contributed by atoms with Crippen molar-refractivity contribution in [3.05, 3.63) is 24.3 Å². The first-order chi connectivity index (χ1) is 10.6. The Morgan fingerprint density at radius 3 is 2.86 bits per heavy atom. The van der Waals surface area contributed by atoms with Gasteiger partial charge in [0.2, 0.25) is 11.8 Å². The second kappa shape index (κ2) is 6.25. The maximum absolute atomic E-state index is 12.4. The van der Waals surface area contributed by atoms with Crippen LogP contribution >= 0.6 is 0 Å². The summed E-state index contributed by atoms with van der Waals surface area (Å²) in [6, 6.07) is 7.52. The van der Waals surface area contributed by atoms with Crippen LogP contribution in [0.1, 0.15) is 12.8 Å². The molecule has 118 valence electrons. The Balaban J connectivity index is 1.55. The van der Waals surface area contributed by atoms with Gasteiger partial charge in [-0.2, -0.15) is 0 Å². The van der Waals surface area contributed by atoms with Crippen molar-refractivity contribution < 1.29 is 19.1 Å². The summed E-state index contributed by atoms with van der Waals surface area (Å²) in [5, 5.41) is 2.74. The summed E-state index contributed by atoms with van der Waals surface area (Å²) in [5.41, 5.74) is 0. The molecule has 0 bridgehead atoms. The maximum Gasteiger partial charge on any atom is 0.227 e. The van der Waals surface area contributed by atoms with Gasteiger partial charge in [-0.15, -0.1) is 0 Å². The van der Waals surface area contributed by atoms with Gasteiger partial charge in [0, 0.05) is 20.0 Å². The minimum absolute atomic E-state index is 0.0207. The van der Waals surface area contributed by atoms with Crippen LogP contribution in [0.4, 0.5) is 0 Å². The molecule has 1 aromatic carbocycles. The number of nitrogens with zero attached hydrogens (tertiary/aromatic N) is 1. The average molecular weight is 304 g/mol. The van der Waals surface area contributed by atoms with Crippen molar-refractivity contribution in [2.45, 2.75) is 18.9 Å². The van der Waals surface area contributed by atoms with Gasteiger partial charge in [0.15, 0.2) is 17.6 Å². The standard InChI is InChI=1S/C16H20N2O4/c1-18(16(20)11-6-7-15(19)17-8-11)9-12-10-21-13-4-2-3-5-14(13)22-12/h2-5,11-12H,6-10H2,1H3,(H,17,19)/t11-,12+/m1/s1. The highest BCUT2D eigenvalue weighted by molar-refractivity contribution is 5.83.